The van der Waals surface area contributed by atoms with Gasteiger partial charge in [-0.25, -0.2) is 0 Å². The number of methoxy groups -OCH3 is 1. The molecule has 110 valence electrons. The molecule has 0 saturated heterocycles. The van der Waals surface area contributed by atoms with E-state index in [-0.39, 0.29) is 0 Å². The third-order valence-corrected chi connectivity index (χ3v) is 5.45. The van der Waals surface area contributed by atoms with Gasteiger partial charge in [-0.05, 0) is 12.8 Å². The monoisotopic (exact) mass is 406 g/mol. The molecule has 0 unspecified atom stereocenters. The normalized spacial score (nSPS) is 22.2. The van der Waals surface area contributed by atoms with Crippen LogP contribution in [0.2, 0.25) is 0 Å². The van der Waals surface area contributed by atoms with Crippen LogP contribution in [0.15, 0.2) is 21.4 Å². The van der Waals surface area contributed by atoms with Gasteiger partial charge in [0, 0.05) is 27.4 Å². The largest absolute Gasteiger partial charge is 0.468 e. The molecule has 0 bridgehead atoms. The lowest BCUT2D eigenvalue weighted by Gasteiger charge is -2.36. The van der Waals surface area contributed by atoms with E-state index in [4.69, 9.17) is 10.5 Å². The first kappa shape index (κ1) is 15.6. The van der Waals surface area contributed by atoms with Gasteiger partial charge in [-0.1, -0.05) is 44.7 Å². The first-order valence-electron chi connectivity index (χ1n) is 6.36. The van der Waals surface area contributed by atoms with E-state index in [1.165, 1.54) is 20.0 Å². The van der Waals surface area contributed by atoms with Gasteiger partial charge in [0.15, 0.2) is 0 Å². The van der Waals surface area contributed by atoms with E-state index in [1.807, 2.05) is 4.90 Å². The number of carbonyl (C=O) groups is 2. The van der Waals surface area contributed by atoms with E-state index in [0.29, 0.717) is 15.0 Å². The number of nitrogens with zero attached hydrogens (tertiary/aromatic N) is 1. The third-order valence-electron chi connectivity index (χ3n) is 3.85. The van der Waals surface area contributed by atoms with Crippen molar-refractivity contribution in [3.8, 4) is 0 Å². The summed E-state index contributed by atoms with van der Waals surface area (Å²) in [5, 5.41) is 0. The van der Waals surface area contributed by atoms with Crippen LogP contribution >= 0.6 is 31.9 Å². The molecule has 0 aromatic carbocycles. The fourth-order valence-electron chi connectivity index (χ4n) is 2.70. The van der Waals surface area contributed by atoms with Crippen molar-refractivity contribution in [2.75, 3.05) is 7.11 Å². The summed E-state index contributed by atoms with van der Waals surface area (Å²) >= 11 is 6.66. The van der Waals surface area contributed by atoms with Gasteiger partial charge in [0.05, 0.1) is 7.11 Å². The van der Waals surface area contributed by atoms with Gasteiger partial charge in [-0.3, -0.25) is 9.59 Å². The first-order chi connectivity index (χ1) is 9.44. The van der Waals surface area contributed by atoms with Crippen molar-refractivity contribution in [2.24, 2.45) is 11.1 Å². The van der Waals surface area contributed by atoms with Gasteiger partial charge < -0.3 is 15.4 Å². The zero-order valence-corrected chi connectivity index (χ0v) is 14.2. The van der Waals surface area contributed by atoms with E-state index < -0.39 is 17.3 Å². The highest BCUT2D eigenvalue weighted by atomic mass is 79.9. The molecule has 1 heterocycles. The number of hydrogen-bond acceptors (Lipinski definition) is 4. The number of rotatable bonds is 3. The summed E-state index contributed by atoms with van der Waals surface area (Å²) in [6.07, 6.45) is 8.07. The summed E-state index contributed by atoms with van der Waals surface area (Å²) in [5.41, 5.74) is 3.84. The molecule has 20 heavy (non-hydrogen) atoms. The van der Waals surface area contributed by atoms with E-state index in [0.717, 1.165) is 12.8 Å². The second-order valence-electron chi connectivity index (χ2n) is 4.95. The van der Waals surface area contributed by atoms with Gasteiger partial charge in [0.2, 0.25) is 11.3 Å². The van der Waals surface area contributed by atoms with Crippen molar-refractivity contribution in [3.63, 3.8) is 0 Å². The first-order valence-corrected chi connectivity index (χ1v) is 7.94. The lowest BCUT2D eigenvalue weighted by molar-refractivity contribution is -0.152. The molecule has 1 aliphatic carbocycles. The SMILES string of the molecule is COC(=O)C1(C(N)=O)C(Br)=CN(C2CCCC2)C=C1Br. The summed E-state index contributed by atoms with van der Waals surface area (Å²) < 4.78 is 5.54. The molecule has 5 nitrogen and oxygen atoms in total. The Morgan fingerprint density at radius 2 is 1.80 bits per heavy atom. The number of amides is 1. The van der Waals surface area contributed by atoms with Crippen LogP contribution in [0.5, 0.6) is 0 Å². The Morgan fingerprint density at radius 1 is 1.30 bits per heavy atom. The van der Waals surface area contributed by atoms with Gasteiger partial charge in [0.1, 0.15) is 0 Å². The number of ether oxygens (including phenoxy) is 1. The summed E-state index contributed by atoms with van der Waals surface area (Å²) in [7, 11) is 1.23. The van der Waals surface area contributed by atoms with Crippen LogP contribution < -0.4 is 5.73 Å². The Balaban J connectivity index is 2.42. The predicted octanol–water partition coefficient (Wildman–Crippen LogP) is 2.36. The smallest absolute Gasteiger partial charge is 0.331 e. The van der Waals surface area contributed by atoms with Crippen molar-refractivity contribution in [2.45, 2.75) is 31.7 Å². The molecule has 1 aliphatic heterocycles. The molecule has 0 aromatic heterocycles. The topological polar surface area (TPSA) is 72.6 Å². The fourth-order valence-corrected chi connectivity index (χ4v) is 4.58. The zero-order valence-electron chi connectivity index (χ0n) is 11.1. The lowest BCUT2D eigenvalue weighted by Crippen LogP contribution is -2.48. The molecule has 1 amide bonds. The summed E-state index contributed by atoms with van der Waals surface area (Å²) in [6, 6.07) is 0.388. The summed E-state index contributed by atoms with van der Waals surface area (Å²) in [4.78, 5) is 26.0. The molecule has 7 heteroatoms. The Hall–Kier alpha value is -0.820. The third kappa shape index (κ3) is 2.30. The van der Waals surface area contributed by atoms with Crippen molar-refractivity contribution < 1.29 is 14.3 Å². The predicted molar refractivity (Wildman–Crippen MR) is 81.8 cm³/mol. The standard InChI is InChI=1S/C13H16Br2N2O3/c1-20-12(19)13(11(16)18)9(14)6-17(7-10(13)15)8-4-2-3-5-8/h6-8H,2-5H2,1H3,(H2,16,18). The minimum Gasteiger partial charge on any atom is -0.468 e. The Labute approximate surface area is 134 Å². The second-order valence-corrected chi connectivity index (χ2v) is 6.65. The Bertz CT molecular complexity index is 476. The Morgan fingerprint density at radius 3 is 2.20 bits per heavy atom. The highest BCUT2D eigenvalue weighted by molar-refractivity contribution is 9.12. The van der Waals surface area contributed by atoms with Crippen LogP contribution in [0.4, 0.5) is 0 Å². The van der Waals surface area contributed by atoms with Crippen LogP contribution in [-0.4, -0.2) is 29.9 Å². The van der Waals surface area contributed by atoms with Crippen molar-refractivity contribution >= 4 is 43.7 Å². The molecule has 1 fully saturated rings. The molecule has 2 rings (SSSR count). The minimum absolute atomic E-state index is 0.388. The number of carbonyl (C=O) groups excluding carboxylic acids is 2. The lowest BCUT2D eigenvalue weighted by atomic mass is 9.85. The van der Waals surface area contributed by atoms with E-state index in [1.54, 1.807) is 12.4 Å². The zero-order chi connectivity index (χ0) is 14.9. The average Bonchev–Trinajstić information content (AvgIpc) is 2.91. The highest BCUT2D eigenvalue weighted by Gasteiger charge is 2.53. The van der Waals surface area contributed by atoms with Crippen LogP contribution in [-0.2, 0) is 14.3 Å². The van der Waals surface area contributed by atoms with Crippen LogP contribution in [0.25, 0.3) is 0 Å². The van der Waals surface area contributed by atoms with Gasteiger partial charge in [-0.15, -0.1) is 0 Å². The van der Waals surface area contributed by atoms with Crippen molar-refractivity contribution in [1.82, 2.24) is 4.90 Å². The number of nitrogens with two attached hydrogens (primary N) is 1. The summed E-state index contributed by atoms with van der Waals surface area (Å²) in [6.45, 7) is 0. The number of primary amides is 1. The minimum atomic E-state index is -1.62. The fraction of sp³-hybridized carbons (Fsp3) is 0.538. The van der Waals surface area contributed by atoms with Gasteiger partial charge in [0.25, 0.3) is 0 Å². The molecule has 0 radical (unpaired) electrons. The number of halogens is 2. The molecular weight excluding hydrogens is 392 g/mol. The molecule has 1 saturated carbocycles. The van der Waals surface area contributed by atoms with E-state index >= 15 is 0 Å². The maximum Gasteiger partial charge on any atom is 0.331 e. The number of esters is 1. The maximum atomic E-state index is 12.1. The number of hydrogen-bond donors (Lipinski definition) is 1. The maximum absolute atomic E-state index is 12.1. The van der Waals surface area contributed by atoms with Crippen LogP contribution in [0.3, 0.4) is 0 Å². The van der Waals surface area contributed by atoms with Crippen molar-refractivity contribution in [3.05, 3.63) is 21.4 Å². The molecular formula is C13H16Br2N2O3. The van der Waals surface area contributed by atoms with Crippen LogP contribution in [0.1, 0.15) is 25.7 Å². The van der Waals surface area contributed by atoms with E-state index in [2.05, 4.69) is 31.9 Å². The van der Waals surface area contributed by atoms with Gasteiger partial charge in [-0.2, -0.15) is 0 Å². The molecule has 0 spiro atoms. The van der Waals surface area contributed by atoms with Crippen molar-refractivity contribution in [1.29, 1.82) is 0 Å². The summed E-state index contributed by atoms with van der Waals surface area (Å²) in [5.74, 6) is -1.48. The second kappa shape index (κ2) is 5.89. The highest BCUT2D eigenvalue weighted by Crippen LogP contribution is 2.47. The van der Waals surface area contributed by atoms with E-state index in [9.17, 15) is 9.59 Å². The molecule has 0 aromatic rings. The van der Waals surface area contributed by atoms with Gasteiger partial charge >= 0.3 is 5.97 Å². The molecule has 2 N–H and O–H groups in total. The quantitative estimate of drug-likeness (QED) is 0.575. The molecule has 0 atom stereocenters. The van der Waals surface area contributed by atoms with Crippen LogP contribution in [0, 0.1) is 5.41 Å². The Kier molecular flexibility index (Phi) is 4.59. The molecule has 2 aliphatic rings. The average molecular weight is 408 g/mol.